The van der Waals surface area contributed by atoms with E-state index in [9.17, 15) is 9.59 Å². The lowest BCUT2D eigenvalue weighted by Gasteiger charge is -2.37. The molecule has 0 aromatic heterocycles. The Kier molecular flexibility index (Phi) is 6.63. The van der Waals surface area contributed by atoms with E-state index in [4.69, 9.17) is 5.11 Å². The van der Waals surface area contributed by atoms with Gasteiger partial charge in [0.2, 0.25) is 5.91 Å². The van der Waals surface area contributed by atoms with E-state index >= 15 is 0 Å². The molecule has 0 aliphatic carbocycles. The third kappa shape index (κ3) is 5.23. The predicted octanol–water partition coefficient (Wildman–Crippen LogP) is 1.07. The molecule has 0 aromatic carbocycles. The van der Waals surface area contributed by atoms with Crippen molar-refractivity contribution >= 4 is 24.3 Å². The van der Waals surface area contributed by atoms with Crippen LogP contribution in [0.2, 0.25) is 0 Å². The van der Waals surface area contributed by atoms with Crippen molar-refractivity contribution in [1.29, 1.82) is 0 Å². The largest absolute Gasteiger partial charge is 0.481 e. The van der Waals surface area contributed by atoms with Crippen molar-refractivity contribution < 1.29 is 14.7 Å². The molecule has 1 heterocycles. The average Bonchev–Trinajstić information content (AvgIpc) is 2.25. The lowest BCUT2D eigenvalue weighted by Crippen LogP contribution is -2.51. The molecule has 1 amide bonds. The number of carbonyl (C=O) groups excluding carboxylic acids is 1. The highest BCUT2D eigenvalue weighted by Crippen LogP contribution is 2.18. The molecule has 1 aliphatic rings. The van der Waals surface area contributed by atoms with Crippen LogP contribution in [-0.4, -0.2) is 59.5 Å². The number of rotatable bonds is 3. The lowest BCUT2D eigenvalue weighted by atomic mass is 9.94. The van der Waals surface area contributed by atoms with Crippen molar-refractivity contribution in [3.8, 4) is 0 Å². The number of carboxylic acids is 1. The summed E-state index contributed by atoms with van der Waals surface area (Å²) < 4.78 is 0. The average molecular weight is 279 g/mol. The van der Waals surface area contributed by atoms with Gasteiger partial charge in [0, 0.05) is 38.1 Å². The van der Waals surface area contributed by atoms with E-state index in [2.05, 4.69) is 4.90 Å². The maximum atomic E-state index is 12.0. The van der Waals surface area contributed by atoms with Crippen LogP contribution < -0.4 is 0 Å². The van der Waals surface area contributed by atoms with E-state index in [1.807, 2.05) is 25.7 Å². The number of aliphatic carboxylic acids is 1. The predicted molar refractivity (Wildman–Crippen MR) is 72.0 cm³/mol. The van der Waals surface area contributed by atoms with Gasteiger partial charge in [0.15, 0.2) is 0 Å². The topological polar surface area (TPSA) is 60.9 Å². The van der Waals surface area contributed by atoms with Gasteiger partial charge in [-0.25, -0.2) is 0 Å². The number of hydrogen-bond acceptors (Lipinski definition) is 3. The molecule has 1 aliphatic heterocycles. The molecular formula is C12H23ClN2O3. The molecule has 1 N–H and O–H groups in total. The lowest BCUT2D eigenvalue weighted by molar-refractivity contribution is -0.142. The first-order valence-corrected chi connectivity index (χ1v) is 6.04. The first-order chi connectivity index (χ1) is 7.80. The maximum Gasteiger partial charge on any atom is 0.304 e. The van der Waals surface area contributed by atoms with Gasteiger partial charge in [0.05, 0.1) is 6.42 Å². The summed E-state index contributed by atoms with van der Waals surface area (Å²) in [4.78, 5) is 26.4. The molecule has 0 radical (unpaired) electrons. The number of nitrogens with zero attached hydrogens (tertiary/aromatic N) is 2. The molecule has 0 unspecified atom stereocenters. The normalized spacial score (nSPS) is 17.2. The summed E-state index contributed by atoms with van der Waals surface area (Å²) in [5.74, 6) is -0.589. The summed E-state index contributed by atoms with van der Waals surface area (Å²) in [6.45, 7) is 9.30. The zero-order valence-corrected chi connectivity index (χ0v) is 12.1. The zero-order chi connectivity index (χ0) is 13.1. The summed E-state index contributed by atoms with van der Waals surface area (Å²) in [5.41, 5.74) is -0.330. The second kappa shape index (κ2) is 6.95. The first-order valence-electron chi connectivity index (χ1n) is 6.04. The summed E-state index contributed by atoms with van der Waals surface area (Å²) >= 11 is 0. The van der Waals surface area contributed by atoms with Gasteiger partial charge in [0.1, 0.15) is 0 Å². The third-order valence-electron chi connectivity index (χ3n) is 2.94. The molecule has 106 valence electrons. The Labute approximate surface area is 115 Å². The Morgan fingerprint density at radius 1 is 1.11 bits per heavy atom. The summed E-state index contributed by atoms with van der Waals surface area (Å²) in [5, 5.41) is 8.60. The Morgan fingerprint density at radius 3 is 2.00 bits per heavy atom. The minimum Gasteiger partial charge on any atom is -0.481 e. The van der Waals surface area contributed by atoms with E-state index in [1.165, 1.54) is 0 Å². The van der Waals surface area contributed by atoms with Gasteiger partial charge in [-0.15, -0.1) is 12.4 Å². The molecule has 1 rings (SSSR count). The van der Waals surface area contributed by atoms with Crippen molar-refractivity contribution in [2.75, 3.05) is 32.7 Å². The number of halogens is 1. The van der Waals surface area contributed by atoms with E-state index < -0.39 is 5.97 Å². The zero-order valence-electron chi connectivity index (χ0n) is 11.3. The monoisotopic (exact) mass is 278 g/mol. The van der Waals surface area contributed by atoms with Crippen LogP contribution in [0.1, 0.15) is 27.2 Å². The highest BCUT2D eigenvalue weighted by atomic mass is 35.5. The molecule has 5 nitrogen and oxygen atoms in total. The van der Waals surface area contributed by atoms with Crippen LogP contribution in [0, 0.1) is 5.41 Å². The Morgan fingerprint density at radius 2 is 1.61 bits per heavy atom. The SMILES string of the molecule is CC(C)(C)C(=O)N1CCN(CCC(=O)O)CC1.Cl. The Bertz CT molecular complexity index is 294. The van der Waals surface area contributed by atoms with E-state index in [0.717, 1.165) is 13.1 Å². The molecule has 0 bridgehead atoms. The number of carboxylic acid groups (broad SMARTS) is 1. The number of amides is 1. The molecule has 6 heteroatoms. The molecular weight excluding hydrogens is 256 g/mol. The highest BCUT2D eigenvalue weighted by Gasteiger charge is 2.29. The minimum atomic E-state index is -0.766. The van der Waals surface area contributed by atoms with Crippen LogP contribution in [0.25, 0.3) is 0 Å². The van der Waals surface area contributed by atoms with Gasteiger partial charge in [-0.05, 0) is 0 Å². The Hall–Kier alpha value is -0.810. The van der Waals surface area contributed by atoms with E-state index in [0.29, 0.717) is 19.6 Å². The fourth-order valence-electron chi connectivity index (χ4n) is 1.90. The summed E-state index contributed by atoms with van der Waals surface area (Å²) in [6.07, 6.45) is 0.174. The van der Waals surface area contributed by atoms with Crippen LogP contribution in [-0.2, 0) is 9.59 Å². The van der Waals surface area contributed by atoms with Crippen LogP contribution in [0.15, 0.2) is 0 Å². The Balaban J connectivity index is 0.00000289. The van der Waals surface area contributed by atoms with Crippen LogP contribution in [0.5, 0.6) is 0 Å². The molecule has 1 saturated heterocycles. The van der Waals surface area contributed by atoms with E-state index in [-0.39, 0.29) is 30.2 Å². The molecule has 0 spiro atoms. The van der Waals surface area contributed by atoms with Crippen molar-refractivity contribution in [2.45, 2.75) is 27.2 Å². The molecule has 0 atom stereocenters. The van der Waals surface area contributed by atoms with Gasteiger partial charge in [-0.3, -0.25) is 14.5 Å². The highest BCUT2D eigenvalue weighted by molar-refractivity contribution is 5.85. The van der Waals surface area contributed by atoms with Crippen molar-refractivity contribution in [2.24, 2.45) is 5.41 Å². The second-order valence-electron chi connectivity index (χ2n) is 5.53. The minimum absolute atomic E-state index is 0. The molecule has 0 saturated carbocycles. The van der Waals surface area contributed by atoms with Gasteiger partial charge < -0.3 is 10.0 Å². The number of carbonyl (C=O) groups is 2. The van der Waals surface area contributed by atoms with E-state index in [1.54, 1.807) is 0 Å². The fourth-order valence-corrected chi connectivity index (χ4v) is 1.90. The smallest absolute Gasteiger partial charge is 0.304 e. The van der Waals surface area contributed by atoms with Gasteiger partial charge in [-0.1, -0.05) is 20.8 Å². The van der Waals surface area contributed by atoms with Crippen molar-refractivity contribution in [3.05, 3.63) is 0 Å². The van der Waals surface area contributed by atoms with Crippen LogP contribution in [0.4, 0.5) is 0 Å². The standard InChI is InChI=1S/C12H22N2O3.ClH/c1-12(2,3)11(17)14-8-6-13(7-9-14)5-4-10(15)16;/h4-9H2,1-3H3,(H,15,16);1H. The van der Waals surface area contributed by atoms with Gasteiger partial charge in [-0.2, -0.15) is 0 Å². The van der Waals surface area contributed by atoms with Gasteiger partial charge in [0.25, 0.3) is 0 Å². The van der Waals surface area contributed by atoms with Crippen LogP contribution in [0.3, 0.4) is 0 Å². The second-order valence-corrected chi connectivity index (χ2v) is 5.53. The third-order valence-corrected chi connectivity index (χ3v) is 2.94. The summed E-state index contributed by atoms with van der Waals surface area (Å²) in [6, 6.07) is 0. The maximum absolute atomic E-state index is 12.0. The van der Waals surface area contributed by atoms with Crippen molar-refractivity contribution in [1.82, 2.24) is 9.80 Å². The molecule has 18 heavy (non-hydrogen) atoms. The van der Waals surface area contributed by atoms with Crippen molar-refractivity contribution in [3.63, 3.8) is 0 Å². The number of hydrogen-bond donors (Lipinski definition) is 1. The summed E-state index contributed by atoms with van der Waals surface area (Å²) in [7, 11) is 0. The first kappa shape index (κ1) is 17.2. The quantitative estimate of drug-likeness (QED) is 0.839. The molecule has 0 aromatic rings. The molecule has 1 fully saturated rings. The van der Waals surface area contributed by atoms with Gasteiger partial charge >= 0.3 is 5.97 Å². The fraction of sp³-hybridized carbons (Fsp3) is 0.833. The number of piperazine rings is 1. The van der Waals surface area contributed by atoms with Crippen LogP contribution >= 0.6 is 12.4 Å².